The maximum atomic E-state index is 12.2. The average Bonchev–Trinajstić information content (AvgIpc) is 2.53. The highest BCUT2D eigenvalue weighted by molar-refractivity contribution is 5.68. The van der Waals surface area contributed by atoms with Crippen LogP contribution in [-0.2, 0) is 11.3 Å². The van der Waals surface area contributed by atoms with Crippen LogP contribution in [0.15, 0.2) is 24.3 Å². The van der Waals surface area contributed by atoms with Crippen LogP contribution in [0.5, 0.6) is 0 Å². The second-order valence-corrected chi connectivity index (χ2v) is 7.48. The number of amides is 1. The fraction of sp³-hybridized carbons (Fsp3) is 0.611. The smallest absolute Gasteiger partial charge is 0.410 e. The van der Waals surface area contributed by atoms with E-state index in [4.69, 9.17) is 4.74 Å². The van der Waals surface area contributed by atoms with Crippen molar-refractivity contribution < 1.29 is 14.5 Å². The van der Waals surface area contributed by atoms with Crippen molar-refractivity contribution in [3.63, 3.8) is 0 Å². The van der Waals surface area contributed by atoms with Crippen molar-refractivity contribution in [2.45, 2.75) is 51.8 Å². The van der Waals surface area contributed by atoms with Gasteiger partial charge in [-0.1, -0.05) is 18.2 Å². The van der Waals surface area contributed by atoms with Gasteiger partial charge in [-0.2, -0.15) is 0 Å². The van der Waals surface area contributed by atoms with Crippen LogP contribution in [0.2, 0.25) is 0 Å². The Bertz CT molecular complexity index is 619. The Hall–Kier alpha value is -2.15. The average molecular weight is 349 g/mol. The second-order valence-electron chi connectivity index (χ2n) is 7.48. The van der Waals surface area contributed by atoms with Crippen molar-refractivity contribution >= 4 is 11.8 Å². The number of likely N-dealkylation sites (tertiary alicyclic amines) is 1. The summed E-state index contributed by atoms with van der Waals surface area (Å²) in [6.07, 6.45) is 1.36. The molecule has 2 rings (SSSR count). The van der Waals surface area contributed by atoms with Crippen LogP contribution in [0.3, 0.4) is 0 Å². The zero-order valence-corrected chi connectivity index (χ0v) is 15.4. The summed E-state index contributed by atoms with van der Waals surface area (Å²) in [5.74, 6) is 0. The molecule has 7 nitrogen and oxygen atoms in total. The molecule has 1 saturated heterocycles. The number of nitro groups is 1. The van der Waals surface area contributed by atoms with Crippen LogP contribution >= 0.6 is 0 Å². The number of benzene rings is 1. The molecule has 0 aliphatic carbocycles. The molecule has 7 heteroatoms. The third kappa shape index (κ3) is 5.42. The Balaban J connectivity index is 1.90. The van der Waals surface area contributed by atoms with Crippen LogP contribution in [0.4, 0.5) is 10.5 Å². The molecular formula is C18H27N3O4. The van der Waals surface area contributed by atoms with E-state index in [1.54, 1.807) is 30.1 Å². The Kier molecular flexibility index (Phi) is 6.00. The fourth-order valence-electron chi connectivity index (χ4n) is 3.01. The first-order chi connectivity index (χ1) is 11.7. The lowest BCUT2D eigenvalue weighted by atomic mass is 10.0. The Morgan fingerprint density at radius 3 is 2.48 bits per heavy atom. The van der Waals surface area contributed by atoms with Gasteiger partial charge < -0.3 is 9.64 Å². The molecule has 138 valence electrons. The molecule has 25 heavy (non-hydrogen) atoms. The molecule has 1 amide bonds. The lowest BCUT2D eigenvalue weighted by molar-refractivity contribution is -0.385. The van der Waals surface area contributed by atoms with E-state index in [1.165, 1.54) is 0 Å². The first-order valence-corrected chi connectivity index (χ1v) is 8.58. The van der Waals surface area contributed by atoms with Crippen molar-refractivity contribution in [3.05, 3.63) is 39.9 Å². The SMILES string of the molecule is CN(C(=O)OC(C)(C)C)C1CCN(Cc2ccccc2[N+](=O)[O-])CC1. The van der Waals surface area contributed by atoms with Gasteiger partial charge in [0.2, 0.25) is 0 Å². The first-order valence-electron chi connectivity index (χ1n) is 8.58. The number of hydrogen-bond acceptors (Lipinski definition) is 5. The zero-order valence-electron chi connectivity index (χ0n) is 15.4. The van der Waals surface area contributed by atoms with E-state index in [0.29, 0.717) is 6.54 Å². The number of para-hydroxylation sites is 1. The van der Waals surface area contributed by atoms with Gasteiger partial charge in [0.15, 0.2) is 0 Å². The standard InChI is InChI=1S/C18H27N3O4/c1-18(2,3)25-17(22)19(4)15-9-11-20(12-10-15)13-14-7-5-6-8-16(14)21(23)24/h5-8,15H,9-13H2,1-4H3. The minimum Gasteiger partial charge on any atom is -0.444 e. The maximum absolute atomic E-state index is 12.2. The van der Waals surface area contributed by atoms with E-state index in [1.807, 2.05) is 26.8 Å². The summed E-state index contributed by atoms with van der Waals surface area (Å²) in [6, 6.07) is 6.99. The predicted octanol–water partition coefficient (Wildman–Crippen LogP) is 3.43. The third-order valence-electron chi connectivity index (χ3n) is 4.37. The van der Waals surface area contributed by atoms with E-state index >= 15 is 0 Å². The van der Waals surface area contributed by atoms with Gasteiger partial charge in [-0.25, -0.2) is 4.79 Å². The maximum Gasteiger partial charge on any atom is 0.410 e. The topological polar surface area (TPSA) is 75.9 Å². The third-order valence-corrected chi connectivity index (χ3v) is 4.37. The quantitative estimate of drug-likeness (QED) is 0.615. The van der Waals surface area contributed by atoms with Gasteiger partial charge in [-0.15, -0.1) is 0 Å². The Morgan fingerprint density at radius 1 is 1.32 bits per heavy atom. The number of ether oxygens (including phenoxy) is 1. The molecule has 0 N–H and O–H groups in total. The summed E-state index contributed by atoms with van der Waals surface area (Å²) in [7, 11) is 1.77. The lowest BCUT2D eigenvalue weighted by Crippen LogP contribution is -2.46. The predicted molar refractivity (Wildman–Crippen MR) is 95.4 cm³/mol. The number of hydrogen-bond donors (Lipinski definition) is 0. The van der Waals surface area contributed by atoms with Crippen molar-refractivity contribution in [3.8, 4) is 0 Å². The second kappa shape index (κ2) is 7.82. The Labute approximate surface area is 148 Å². The number of carbonyl (C=O) groups excluding carboxylic acids is 1. The number of rotatable bonds is 4. The van der Waals surface area contributed by atoms with Crippen LogP contribution in [-0.4, -0.2) is 52.6 Å². The summed E-state index contributed by atoms with van der Waals surface area (Å²) in [5.41, 5.74) is 0.389. The highest BCUT2D eigenvalue weighted by atomic mass is 16.6. The molecule has 0 bridgehead atoms. The van der Waals surface area contributed by atoms with Crippen molar-refractivity contribution in [2.24, 2.45) is 0 Å². The molecule has 0 unspecified atom stereocenters. The van der Waals surface area contributed by atoms with Gasteiger partial charge in [0.05, 0.1) is 4.92 Å². The summed E-state index contributed by atoms with van der Waals surface area (Å²) < 4.78 is 5.42. The minimum atomic E-state index is -0.502. The van der Waals surface area contributed by atoms with Crippen LogP contribution in [0.25, 0.3) is 0 Å². The lowest BCUT2D eigenvalue weighted by Gasteiger charge is -2.37. The first kappa shape index (κ1) is 19.2. The highest BCUT2D eigenvalue weighted by Crippen LogP contribution is 2.23. The van der Waals surface area contributed by atoms with Gasteiger partial charge >= 0.3 is 6.09 Å². The fourth-order valence-corrected chi connectivity index (χ4v) is 3.01. The molecule has 1 fully saturated rings. The monoisotopic (exact) mass is 349 g/mol. The highest BCUT2D eigenvalue weighted by Gasteiger charge is 2.29. The molecule has 1 aromatic carbocycles. The molecule has 0 saturated carbocycles. The molecule has 0 radical (unpaired) electrons. The van der Waals surface area contributed by atoms with Crippen molar-refractivity contribution in [1.82, 2.24) is 9.80 Å². The van der Waals surface area contributed by atoms with E-state index in [2.05, 4.69) is 4.90 Å². The Morgan fingerprint density at radius 2 is 1.92 bits per heavy atom. The van der Waals surface area contributed by atoms with Crippen LogP contribution in [0.1, 0.15) is 39.2 Å². The molecule has 0 aromatic heterocycles. The zero-order chi connectivity index (χ0) is 18.6. The van der Waals surface area contributed by atoms with Crippen molar-refractivity contribution in [2.75, 3.05) is 20.1 Å². The molecule has 0 atom stereocenters. The van der Waals surface area contributed by atoms with Crippen LogP contribution in [0, 0.1) is 10.1 Å². The van der Waals surface area contributed by atoms with Gasteiger partial charge in [0.1, 0.15) is 5.60 Å². The number of nitrogens with zero attached hydrogens (tertiary/aromatic N) is 3. The largest absolute Gasteiger partial charge is 0.444 e. The summed E-state index contributed by atoms with van der Waals surface area (Å²) in [6.45, 7) is 7.71. The van der Waals surface area contributed by atoms with Gasteiger partial charge in [0.25, 0.3) is 5.69 Å². The number of carbonyl (C=O) groups is 1. The van der Waals surface area contributed by atoms with E-state index in [0.717, 1.165) is 31.5 Å². The molecule has 0 spiro atoms. The van der Waals surface area contributed by atoms with E-state index in [-0.39, 0.29) is 22.7 Å². The molecular weight excluding hydrogens is 322 g/mol. The summed E-state index contributed by atoms with van der Waals surface area (Å²) in [4.78, 5) is 26.8. The van der Waals surface area contributed by atoms with E-state index < -0.39 is 5.60 Å². The number of nitro benzene ring substituents is 1. The van der Waals surface area contributed by atoms with Crippen LogP contribution < -0.4 is 0 Å². The number of piperidine rings is 1. The minimum absolute atomic E-state index is 0.136. The normalized spacial score (nSPS) is 16.5. The van der Waals surface area contributed by atoms with Crippen molar-refractivity contribution in [1.29, 1.82) is 0 Å². The van der Waals surface area contributed by atoms with Gasteiger partial charge in [-0.3, -0.25) is 15.0 Å². The van der Waals surface area contributed by atoms with E-state index in [9.17, 15) is 14.9 Å². The summed E-state index contributed by atoms with van der Waals surface area (Å²) >= 11 is 0. The molecule has 1 heterocycles. The molecule has 1 aliphatic rings. The van der Waals surface area contributed by atoms with Gasteiger partial charge in [-0.05, 0) is 33.6 Å². The van der Waals surface area contributed by atoms with Gasteiger partial charge in [0, 0.05) is 44.4 Å². The summed E-state index contributed by atoms with van der Waals surface area (Å²) in [5, 5.41) is 11.1. The molecule has 1 aliphatic heterocycles. The molecule has 1 aromatic rings.